The minimum absolute atomic E-state index is 1.20. The Morgan fingerprint density at radius 1 is 1.40 bits per heavy atom. The van der Waals surface area contributed by atoms with E-state index in [9.17, 15) is 0 Å². The fraction of sp³-hybridized carbons (Fsp3) is 0.500. The lowest BCUT2D eigenvalue weighted by atomic mass is 10.6. The third-order valence-electron chi connectivity index (χ3n) is 1.78. The molecule has 0 radical (unpaired) electrons. The van der Waals surface area contributed by atoms with Crippen LogP contribution in [0.1, 0.15) is 6.42 Å². The first-order chi connectivity index (χ1) is 4.68. The van der Waals surface area contributed by atoms with E-state index in [1.54, 1.807) is 0 Å². The van der Waals surface area contributed by atoms with Crippen molar-refractivity contribution in [3.05, 3.63) is 24.6 Å². The van der Waals surface area contributed by atoms with Gasteiger partial charge in [0.25, 0.3) is 0 Å². The third kappa shape index (κ3) is 3.56. The molecule has 10 heavy (non-hydrogen) atoms. The summed E-state index contributed by atoms with van der Waals surface area (Å²) in [7, 11) is -1.20. The third-order valence-corrected chi connectivity index (χ3v) is 5.84. The Hall–Kier alpha value is 0.427. The molecule has 0 aromatic heterocycles. The molecular formula is C8H15ISi. The number of rotatable bonds is 5. The lowest BCUT2D eigenvalue weighted by Gasteiger charge is -2.16. The van der Waals surface area contributed by atoms with Gasteiger partial charge in [-0.2, -0.15) is 0 Å². The molecule has 0 amide bonds. The van der Waals surface area contributed by atoms with Gasteiger partial charge in [0.05, 0.1) is 8.07 Å². The Kier molecular flexibility index (Phi) is 5.35. The van der Waals surface area contributed by atoms with Crippen LogP contribution in [0.3, 0.4) is 0 Å². The molecule has 0 aromatic carbocycles. The molecular weight excluding hydrogens is 251 g/mol. The molecule has 0 aromatic rings. The van der Waals surface area contributed by atoms with Crippen LogP contribution < -0.4 is 0 Å². The highest BCUT2D eigenvalue weighted by molar-refractivity contribution is 14.1. The first kappa shape index (κ1) is 10.4. The minimum atomic E-state index is -1.20. The second kappa shape index (κ2) is 5.13. The normalized spacial score (nSPS) is 11.0. The summed E-state index contributed by atoms with van der Waals surface area (Å²) in [4.78, 5) is 0. The van der Waals surface area contributed by atoms with Gasteiger partial charge in [-0.15, -0.1) is 13.2 Å². The molecule has 0 aliphatic rings. The zero-order valence-corrected chi connectivity index (χ0v) is 9.73. The molecule has 0 rings (SSSR count). The monoisotopic (exact) mass is 266 g/mol. The van der Waals surface area contributed by atoms with E-state index in [4.69, 9.17) is 0 Å². The predicted octanol–water partition coefficient (Wildman–Crippen LogP) is 3.34. The molecule has 0 saturated heterocycles. The maximum absolute atomic E-state index is 3.84. The Morgan fingerprint density at radius 3 is 2.20 bits per heavy atom. The quantitative estimate of drug-likeness (QED) is 0.407. The molecule has 0 N–H and O–H groups in total. The van der Waals surface area contributed by atoms with E-state index >= 15 is 0 Å². The number of halogens is 1. The Balaban J connectivity index is 3.80. The molecule has 0 spiro atoms. The second-order valence-corrected chi connectivity index (χ2v) is 8.11. The van der Waals surface area contributed by atoms with E-state index in [2.05, 4.69) is 53.7 Å². The average Bonchev–Trinajstić information content (AvgIpc) is 2.00. The van der Waals surface area contributed by atoms with E-state index in [0.29, 0.717) is 0 Å². The van der Waals surface area contributed by atoms with E-state index in [1.165, 1.54) is 16.9 Å². The van der Waals surface area contributed by atoms with E-state index < -0.39 is 8.07 Å². The molecule has 0 unspecified atom stereocenters. The summed E-state index contributed by atoms with van der Waals surface area (Å²) >= 11 is 2.41. The van der Waals surface area contributed by atoms with E-state index in [-0.39, 0.29) is 0 Å². The molecule has 58 valence electrons. The fourth-order valence-electron chi connectivity index (χ4n) is 0.735. The summed E-state index contributed by atoms with van der Waals surface area (Å²) in [6.07, 6.45) is 1.31. The summed E-state index contributed by atoms with van der Waals surface area (Å²) in [6.45, 7) is 9.99. The highest BCUT2D eigenvalue weighted by Gasteiger charge is 2.16. The van der Waals surface area contributed by atoms with Gasteiger partial charge in [0.1, 0.15) is 0 Å². The molecule has 0 heterocycles. The predicted molar refractivity (Wildman–Crippen MR) is 60.3 cm³/mol. The van der Waals surface area contributed by atoms with Crippen molar-refractivity contribution in [1.82, 2.24) is 0 Å². The lowest BCUT2D eigenvalue weighted by Crippen LogP contribution is -2.23. The van der Waals surface area contributed by atoms with Crippen LogP contribution in [0, 0.1) is 0 Å². The minimum Gasteiger partial charge on any atom is -0.107 e. The van der Waals surface area contributed by atoms with Crippen molar-refractivity contribution in [2.75, 3.05) is 4.43 Å². The van der Waals surface area contributed by atoms with Crippen LogP contribution in [0.4, 0.5) is 0 Å². The first-order valence-corrected chi connectivity index (χ1v) is 7.90. The Bertz CT molecular complexity index is 112. The number of hydrogen-bond donors (Lipinski definition) is 0. The van der Waals surface area contributed by atoms with Gasteiger partial charge in [-0.3, -0.25) is 0 Å². The number of hydrogen-bond acceptors (Lipinski definition) is 0. The van der Waals surface area contributed by atoms with Crippen molar-refractivity contribution in [2.24, 2.45) is 0 Å². The van der Waals surface area contributed by atoms with Gasteiger partial charge < -0.3 is 0 Å². The van der Waals surface area contributed by atoms with Gasteiger partial charge in [0.15, 0.2) is 0 Å². The molecule has 2 heteroatoms. The zero-order chi connectivity index (χ0) is 8.04. The second-order valence-electron chi connectivity index (χ2n) is 2.71. The van der Waals surface area contributed by atoms with Gasteiger partial charge in [0, 0.05) is 0 Å². The van der Waals surface area contributed by atoms with Gasteiger partial charge >= 0.3 is 0 Å². The molecule has 0 nitrogen and oxygen atoms in total. The van der Waals surface area contributed by atoms with E-state index in [0.717, 1.165) is 0 Å². The summed E-state index contributed by atoms with van der Waals surface area (Å²) < 4.78 is 1.25. The van der Waals surface area contributed by atoms with Crippen LogP contribution in [0.2, 0.25) is 12.6 Å². The van der Waals surface area contributed by atoms with Crippen molar-refractivity contribution in [2.45, 2.75) is 19.0 Å². The molecule has 0 fully saturated rings. The highest BCUT2D eigenvalue weighted by atomic mass is 127. The summed E-state index contributed by atoms with van der Waals surface area (Å²) in [6, 6.07) is 1.31. The standard InChI is InChI=1S/C8H15ISi/c1-4-10(3,5-2)8-6-7-9/h4-5H,1-2,6-8H2,3H3. The average molecular weight is 266 g/mol. The van der Waals surface area contributed by atoms with Crippen LogP contribution in [0.25, 0.3) is 0 Å². The Morgan fingerprint density at radius 2 is 1.90 bits per heavy atom. The molecule has 0 atom stereocenters. The van der Waals surface area contributed by atoms with E-state index in [1.807, 2.05) is 0 Å². The maximum atomic E-state index is 3.84. The van der Waals surface area contributed by atoms with Crippen LogP contribution in [-0.4, -0.2) is 12.5 Å². The highest BCUT2D eigenvalue weighted by Crippen LogP contribution is 2.14. The van der Waals surface area contributed by atoms with Crippen molar-refractivity contribution in [1.29, 1.82) is 0 Å². The lowest BCUT2D eigenvalue weighted by molar-refractivity contribution is 1.09. The largest absolute Gasteiger partial charge is 0.107 e. The maximum Gasteiger partial charge on any atom is 0.0973 e. The van der Waals surface area contributed by atoms with Crippen molar-refractivity contribution in [3.8, 4) is 0 Å². The van der Waals surface area contributed by atoms with Gasteiger partial charge in [-0.25, -0.2) is 0 Å². The molecule has 0 aliphatic carbocycles. The smallest absolute Gasteiger partial charge is 0.0973 e. The van der Waals surface area contributed by atoms with Crippen LogP contribution in [0.15, 0.2) is 24.6 Å². The van der Waals surface area contributed by atoms with Crippen LogP contribution >= 0.6 is 22.6 Å². The van der Waals surface area contributed by atoms with Gasteiger partial charge in [-0.05, 0) is 16.9 Å². The summed E-state index contributed by atoms with van der Waals surface area (Å²) in [5.74, 6) is 0. The summed E-state index contributed by atoms with van der Waals surface area (Å²) in [5, 5.41) is 0. The topological polar surface area (TPSA) is 0 Å². The van der Waals surface area contributed by atoms with Crippen LogP contribution in [0.5, 0.6) is 0 Å². The molecule has 0 aliphatic heterocycles. The molecule has 0 bridgehead atoms. The Labute approximate surface area is 78.6 Å². The number of alkyl halides is 1. The van der Waals surface area contributed by atoms with Crippen molar-refractivity contribution in [3.63, 3.8) is 0 Å². The fourth-order valence-corrected chi connectivity index (χ4v) is 3.35. The van der Waals surface area contributed by atoms with Crippen molar-refractivity contribution < 1.29 is 0 Å². The SMILES string of the molecule is C=C[Si](C)(C=C)CCCI. The zero-order valence-electron chi connectivity index (χ0n) is 6.57. The summed E-state index contributed by atoms with van der Waals surface area (Å²) in [5.41, 5.74) is 4.23. The molecule has 0 saturated carbocycles. The van der Waals surface area contributed by atoms with Crippen molar-refractivity contribution >= 4 is 30.7 Å². The van der Waals surface area contributed by atoms with Gasteiger partial charge in [0.2, 0.25) is 0 Å². The van der Waals surface area contributed by atoms with Gasteiger partial charge in [-0.1, -0.05) is 40.5 Å². The van der Waals surface area contributed by atoms with Crippen LogP contribution in [-0.2, 0) is 0 Å². The first-order valence-electron chi connectivity index (χ1n) is 3.51.